The van der Waals surface area contributed by atoms with E-state index in [0.717, 1.165) is 12.2 Å². The van der Waals surface area contributed by atoms with E-state index in [1.165, 1.54) is 18.2 Å². The monoisotopic (exact) mass is 379 g/mol. The van der Waals surface area contributed by atoms with Gasteiger partial charge in [-0.3, -0.25) is 4.79 Å². The number of hydrogen-bond donors (Lipinski definition) is 1. The quantitative estimate of drug-likeness (QED) is 0.653. The Morgan fingerprint density at radius 3 is 2.89 bits per heavy atom. The second-order valence-electron chi connectivity index (χ2n) is 7.29. The highest BCUT2D eigenvalue weighted by molar-refractivity contribution is 5.91. The Hall–Kier alpha value is -3.15. The predicted molar refractivity (Wildman–Crippen MR) is 104 cm³/mol. The molecule has 0 spiro atoms. The lowest BCUT2D eigenvalue weighted by atomic mass is 10.1. The zero-order chi connectivity index (χ0) is 19.7. The van der Waals surface area contributed by atoms with Crippen LogP contribution in [0.1, 0.15) is 48.2 Å². The first-order valence-corrected chi connectivity index (χ1v) is 9.32. The van der Waals surface area contributed by atoms with Crippen LogP contribution in [0.4, 0.5) is 4.39 Å². The van der Waals surface area contributed by atoms with Crippen LogP contribution in [0.15, 0.2) is 59.3 Å². The molecule has 3 aromatic rings. The molecule has 1 aliphatic rings. The molecule has 0 aliphatic heterocycles. The van der Waals surface area contributed by atoms with E-state index in [0.29, 0.717) is 29.0 Å². The van der Waals surface area contributed by atoms with Crippen molar-refractivity contribution in [3.05, 3.63) is 83.6 Å². The highest BCUT2D eigenvalue weighted by Crippen LogP contribution is 2.47. The number of carbonyl (C=O) groups excluding carboxylic acids is 1. The number of carbonyl (C=O) groups is 1. The Labute approximate surface area is 162 Å². The number of furan rings is 1. The van der Waals surface area contributed by atoms with Crippen molar-refractivity contribution >= 4 is 12.0 Å². The molecule has 1 saturated carbocycles. The van der Waals surface area contributed by atoms with Gasteiger partial charge in [-0.25, -0.2) is 9.37 Å². The van der Waals surface area contributed by atoms with Gasteiger partial charge < -0.3 is 14.3 Å². The highest BCUT2D eigenvalue weighted by atomic mass is 19.1. The number of benzene rings is 1. The lowest BCUT2D eigenvalue weighted by Gasteiger charge is -2.18. The number of rotatable bonds is 6. The molecular formula is C22H22FN3O2. The normalized spacial score (nSPS) is 19.7. The van der Waals surface area contributed by atoms with Gasteiger partial charge >= 0.3 is 0 Å². The van der Waals surface area contributed by atoms with Crippen molar-refractivity contribution in [2.75, 3.05) is 0 Å². The summed E-state index contributed by atoms with van der Waals surface area (Å²) in [6.45, 7) is 2.19. The van der Waals surface area contributed by atoms with Crippen LogP contribution >= 0.6 is 0 Å². The number of aromatic nitrogens is 2. The molecule has 28 heavy (non-hydrogen) atoms. The summed E-state index contributed by atoms with van der Waals surface area (Å²) in [4.78, 5) is 16.8. The van der Waals surface area contributed by atoms with Crippen molar-refractivity contribution in [1.82, 2.24) is 14.9 Å². The zero-order valence-electron chi connectivity index (χ0n) is 15.8. The molecule has 1 aliphatic carbocycles. The second-order valence-corrected chi connectivity index (χ2v) is 7.29. The fourth-order valence-electron chi connectivity index (χ4n) is 3.36. The van der Waals surface area contributed by atoms with E-state index >= 15 is 0 Å². The number of imidazole rings is 1. The van der Waals surface area contributed by atoms with E-state index < -0.39 is 6.04 Å². The summed E-state index contributed by atoms with van der Waals surface area (Å²) >= 11 is 0. The summed E-state index contributed by atoms with van der Waals surface area (Å²) in [5.74, 6) is 2.72. The summed E-state index contributed by atoms with van der Waals surface area (Å²) in [5.41, 5.74) is 0.624. The number of nitrogens with one attached hydrogen (secondary N) is 1. The minimum Gasteiger partial charge on any atom is -0.461 e. The first-order valence-electron chi connectivity index (χ1n) is 9.32. The number of hydrogen-bond acceptors (Lipinski definition) is 3. The lowest BCUT2D eigenvalue weighted by molar-refractivity contribution is -0.117. The van der Waals surface area contributed by atoms with Crippen molar-refractivity contribution in [2.45, 2.75) is 25.3 Å². The molecule has 144 valence electrons. The molecule has 1 amide bonds. The van der Waals surface area contributed by atoms with Gasteiger partial charge in [-0.1, -0.05) is 19.1 Å². The van der Waals surface area contributed by atoms with E-state index in [1.54, 1.807) is 35.2 Å². The predicted octanol–water partition coefficient (Wildman–Crippen LogP) is 4.19. The van der Waals surface area contributed by atoms with Crippen LogP contribution in [0, 0.1) is 11.7 Å². The molecule has 1 aromatic carbocycles. The van der Waals surface area contributed by atoms with Crippen LogP contribution < -0.4 is 5.32 Å². The van der Waals surface area contributed by atoms with Gasteiger partial charge in [0.15, 0.2) is 0 Å². The molecule has 0 radical (unpaired) electrons. The van der Waals surface area contributed by atoms with Crippen LogP contribution in [0.5, 0.6) is 0 Å². The van der Waals surface area contributed by atoms with Crippen molar-refractivity contribution in [2.24, 2.45) is 13.0 Å². The molecule has 5 nitrogen and oxygen atoms in total. The standard InChI is InChI=1S/C22H22FN3O2/c1-14-12-18(14)19-8-6-17(28-19)7-9-20(27)25-21(22-24-10-11-26(22)2)15-4-3-5-16(23)13-15/h3-11,13-14,18,21H,12H2,1-2H3,(H,25,27)/b9-7+. The highest BCUT2D eigenvalue weighted by Gasteiger charge is 2.36. The average Bonchev–Trinajstić information content (AvgIpc) is 3.06. The van der Waals surface area contributed by atoms with Gasteiger partial charge in [0.2, 0.25) is 5.91 Å². The summed E-state index contributed by atoms with van der Waals surface area (Å²) in [7, 11) is 1.83. The molecule has 2 aromatic heterocycles. The molecule has 6 heteroatoms. The van der Waals surface area contributed by atoms with Gasteiger partial charge in [0.1, 0.15) is 29.2 Å². The molecule has 4 rings (SSSR count). The number of amides is 1. The van der Waals surface area contributed by atoms with Crippen molar-refractivity contribution in [3.8, 4) is 0 Å². The third kappa shape index (κ3) is 3.91. The van der Waals surface area contributed by atoms with E-state index in [2.05, 4.69) is 17.2 Å². The van der Waals surface area contributed by atoms with E-state index in [4.69, 9.17) is 4.42 Å². The van der Waals surface area contributed by atoms with Gasteiger partial charge in [0.25, 0.3) is 0 Å². The van der Waals surface area contributed by atoms with E-state index in [1.807, 2.05) is 19.2 Å². The van der Waals surface area contributed by atoms with Gasteiger partial charge in [-0.05, 0) is 48.2 Å². The molecule has 0 saturated heterocycles. The fraction of sp³-hybridized carbons (Fsp3) is 0.273. The average molecular weight is 379 g/mol. The lowest BCUT2D eigenvalue weighted by Crippen LogP contribution is -2.29. The topological polar surface area (TPSA) is 60.1 Å². The van der Waals surface area contributed by atoms with Crippen molar-refractivity contribution in [3.63, 3.8) is 0 Å². The molecule has 3 atom stereocenters. The maximum absolute atomic E-state index is 13.7. The Morgan fingerprint density at radius 2 is 2.21 bits per heavy atom. The first-order chi connectivity index (χ1) is 13.5. The SMILES string of the molecule is CC1CC1c1ccc(/C=C/C(=O)NC(c2cccc(F)c2)c2nccn2C)o1. The number of aryl methyl sites for hydroxylation is 1. The molecule has 2 heterocycles. The molecule has 1 fully saturated rings. The number of nitrogens with zero attached hydrogens (tertiary/aromatic N) is 2. The third-order valence-electron chi connectivity index (χ3n) is 5.11. The van der Waals surface area contributed by atoms with Gasteiger partial charge in [-0.15, -0.1) is 0 Å². The van der Waals surface area contributed by atoms with Gasteiger partial charge in [0, 0.05) is 31.4 Å². The Balaban J connectivity index is 1.51. The van der Waals surface area contributed by atoms with Gasteiger partial charge in [-0.2, -0.15) is 0 Å². The maximum Gasteiger partial charge on any atom is 0.244 e. The van der Waals surface area contributed by atoms with Gasteiger partial charge in [0.05, 0.1) is 0 Å². The maximum atomic E-state index is 13.7. The summed E-state index contributed by atoms with van der Waals surface area (Å²) in [6.07, 6.45) is 7.65. The van der Waals surface area contributed by atoms with Crippen LogP contribution in [0.25, 0.3) is 6.08 Å². The molecule has 3 unspecified atom stereocenters. The largest absolute Gasteiger partial charge is 0.461 e. The van der Waals surface area contributed by atoms with Crippen LogP contribution in [-0.2, 0) is 11.8 Å². The van der Waals surface area contributed by atoms with Crippen LogP contribution in [0.2, 0.25) is 0 Å². The van der Waals surface area contributed by atoms with E-state index in [9.17, 15) is 9.18 Å². The fourth-order valence-corrected chi connectivity index (χ4v) is 3.36. The Bertz CT molecular complexity index is 1020. The van der Waals surface area contributed by atoms with Crippen LogP contribution in [0.3, 0.4) is 0 Å². The minimum absolute atomic E-state index is 0.310. The minimum atomic E-state index is -0.563. The molecule has 0 bridgehead atoms. The third-order valence-corrected chi connectivity index (χ3v) is 5.11. The van der Waals surface area contributed by atoms with E-state index in [-0.39, 0.29) is 11.7 Å². The smallest absolute Gasteiger partial charge is 0.244 e. The van der Waals surface area contributed by atoms with Crippen molar-refractivity contribution < 1.29 is 13.6 Å². The molecular weight excluding hydrogens is 357 g/mol. The van der Waals surface area contributed by atoms with Crippen molar-refractivity contribution in [1.29, 1.82) is 0 Å². The van der Waals surface area contributed by atoms with Crippen LogP contribution in [-0.4, -0.2) is 15.5 Å². The second kappa shape index (κ2) is 7.46. The Morgan fingerprint density at radius 1 is 1.39 bits per heavy atom. The molecule has 1 N–H and O–H groups in total. The first kappa shape index (κ1) is 18.2. The number of halogens is 1. The zero-order valence-corrected chi connectivity index (χ0v) is 15.8. The summed E-state index contributed by atoms with van der Waals surface area (Å²) in [5, 5.41) is 2.91. The summed E-state index contributed by atoms with van der Waals surface area (Å²) < 4.78 is 21.3. The Kier molecular flexibility index (Phi) is 4.86. The summed E-state index contributed by atoms with van der Waals surface area (Å²) in [6, 6.07) is 9.43.